The third-order valence-corrected chi connectivity index (χ3v) is 5.70. The van der Waals surface area contributed by atoms with Crippen LogP contribution in [0.5, 0.6) is 0 Å². The minimum Gasteiger partial charge on any atom is -0.423 e. The third-order valence-electron chi connectivity index (χ3n) is 5.70. The SMILES string of the molecule is Cc1cnc(Nc2cc3c(c(C(F)(F)F)c2)B(O)OC3)nc1N[C@H]1CCCC[C@@H]1C#N. The molecule has 0 spiro atoms. The van der Waals surface area contributed by atoms with Crippen molar-refractivity contribution in [1.82, 2.24) is 9.97 Å². The van der Waals surface area contributed by atoms with Crippen LogP contribution in [0, 0.1) is 24.2 Å². The normalized spacial score (nSPS) is 20.8. The van der Waals surface area contributed by atoms with Crippen LogP contribution in [0.1, 0.15) is 42.4 Å². The Balaban J connectivity index is 1.61. The van der Waals surface area contributed by atoms with Crippen LogP contribution in [0.3, 0.4) is 0 Å². The molecule has 1 fully saturated rings. The first-order valence-corrected chi connectivity index (χ1v) is 10.1. The number of rotatable bonds is 4. The predicted octanol–water partition coefficient (Wildman–Crippen LogP) is 3.26. The summed E-state index contributed by atoms with van der Waals surface area (Å²) in [5, 5.41) is 25.3. The highest BCUT2D eigenvalue weighted by molar-refractivity contribution is 6.62. The van der Waals surface area contributed by atoms with Crippen molar-refractivity contribution in [3.63, 3.8) is 0 Å². The molecule has 2 atom stereocenters. The van der Waals surface area contributed by atoms with Crippen LogP contribution in [-0.2, 0) is 17.4 Å². The lowest BCUT2D eigenvalue weighted by molar-refractivity contribution is -0.136. The second kappa shape index (κ2) is 8.36. The molecule has 1 saturated carbocycles. The van der Waals surface area contributed by atoms with Gasteiger partial charge in [0.2, 0.25) is 5.95 Å². The van der Waals surface area contributed by atoms with E-state index in [1.54, 1.807) is 6.20 Å². The van der Waals surface area contributed by atoms with Gasteiger partial charge in [0, 0.05) is 29.0 Å². The number of nitrogens with zero attached hydrogens (tertiary/aromatic N) is 3. The molecule has 0 unspecified atom stereocenters. The molecule has 0 radical (unpaired) electrons. The van der Waals surface area contributed by atoms with E-state index >= 15 is 0 Å². The molecule has 11 heteroatoms. The van der Waals surface area contributed by atoms with E-state index in [-0.39, 0.29) is 41.2 Å². The standard InChI is InChI=1S/C20H21BF3N5O2/c1-11-9-26-19(29-18(11)28-16-5-3-2-4-12(16)8-25)27-14-6-13-10-31-21(30)17(13)15(7-14)20(22,23)24/h6-7,9,12,16,30H,2-5,10H2,1H3,(H2,26,27,28,29)/t12-,16+/m1/s1. The zero-order chi connectivity index (χ0) is 22.2. The van der Waals surface area contributed by atoms with Gasteiger partial charge in [0.05, 0.1) is 24.2 Å². The molecule has 7 nitrogen and oxygen atoms in total. The number of fused-ring (bicyclic) bond motifs is 1. The summed E-state index contributed by atoms with van der Waals surface area (Å²) in [5.74, 6) is 0.558. The smallest absolute Gasteiger partial charge is 0.423 e. The molecule has 2 aliphatic rings. The highest BCUT2D eigenvalue weighted by atomic mass is 19.4. The predicted molar refractivity (Wildman–Crippen MR) is 109 cm³/mol. The summed E-state index contributed by atoms with van der Waals surface area (Å²) in [6.45, 7) is 1.71. The zero-order valence-corrected chi connectivity index (χ0v) is 16.8. The number of nitriles is 1. The van der Waals surface area contributed by atoms with Crippen molar-refractivity contribution in [2.75, 3.05) is 10.6 Å². The van der Waals surface area contributed by atoms with Crippen LogP contribution in [-0.4, -0.2) is 28.2 Å². The van der Waals surface area contributed by atoms with Gasteiger partial charge in [-0.3, -0.25) is 0 Å². The van der Waals surface area contributed by atoms with E-state index in [4.69, 9.17) is 4.65 Å². The van der Waals surface area contributed by atoms with Crippen LogP contribution in [0.25, 0.3) is 0 Å². The lowest BCUT2D eigenvalue weighted by Crippen LogP contribution is -2.34. The number of alkyl halides is 3. The maximum atomic E-state index is 13.5. The van der Waals surface area contributed by atoms with Gasteiger partial charge in [-0.1, -0.05) is 12.8 Å². The highest BCUT2D eigenvalue weighted by Crippen LogP contribution is 2.34. The van der Waals surface area contributed by atoms with Crippen LogP contribution in [0.2, 0.25) is 0 Å². The number of hydrogen-bond donors (Lipinski definition) is 3. The Morgan fingerprint density at radius 2 is 2.06 bits per heavy atom. The Labute approximate surface area is 177 Å². The molecule has 3 N–H and O–H groups in total. The summed E-state index contributed by atoms with van der Waals surface area (Å²) in [7, 11) is -1.60. The summed E-state index contributed by atoms with van der Waals surface area (Å²) in [4.78, 5) is 8.60. The number of aromatic nitrogens is 2. The summed E-state index contributed by atoms with van der Waals surface area (Å²) in [5.41, 5.74) is -0.0399. The fourth-order valence-electron chi connectivity index (χ4n) is 4.09. The molecular formula is C20H21BF3N5O2. The Hall–Kier alpha value is -2.84. The summed E-state index contributed by atoms with van der Waals surface area (Å²) in [6.07, 6.45) is 0.648. The number of anilines is 3. The van der Waals surface area contributed by atoms with Crippen LogP contribution in [0.15, 0.2) is 18.3 Å². The second-order valence-electron chi connectivity index (χ2n) is 7.88. The number of hydrogen-bond acceptors (Lipinski definition) is 7. The summed E-state index contributed by atoms with van der Waals surface area (Å²) in [6, 6.07) is 4.71. The molecular weight excluding hydrogens is 410 g/mol. The largest absolute Gasteiger partial charge is 0.492 e. The van der Waals surface area contributed by atoms with Crippen molar-refractivity contribution in [3.8, 4) is 6.07 Å². The maximum absolute atomic E-state index is 13.5. The molecule has 1 aromatic carbocycles. The van der Waals surface area contributed by atoms with Crippen LogP contribution < -0.4 is 16.1 Å². The maximum Gasteiger partial charge on any atom is 0.492 e. The van der Waals surface area contributed by atoms with Crippen LogP contribution in [0.4, 0.5) is 30.6 Å². The van der Waals surface area contributed by atoms with Crippen molar-refractivity contribution in [3.05, 3.63) is 35.0 Å². The molecule has 162 valence electrons. The molecule has 1 aliphatic heterocycles. The number of halogens is 3. The minimum atomic E-state index is -4.65. The molecule has 0 saturated heterocycles. The lowest BCUT2D eigenvalue weighted by Gasteiger charge is -2.28. The van der Waals surface area contributed by atoms with Gasteiger partial charge in [-0.2, -0.15) is 23.4 Å². The van der Waals surface area contributed by atoms with Gasteiger partial charge in [0.25, 0.3) is 0 Å². The minimum absolute atomic E-state index is 0.0318. The van der Waals surface area contributed by atoms with E-state index < -0.39 is 18.9 Å². The van der Waals surface area contributed by atoms with Crippen molar-refractivity contribution >= 4 is 30.0 Å². The first-order chi connectivity index (χ1) is 14.8. The fourth-order valence-corrected chi connectivity index (χ4v) is 4.09. The Morgan fingerprint density at radius 1 is 1.29 bits per heavy atom. The van der Waals surface area contributed by atoms with Crippen molar-refractivity contribution in [1.29, 1.82) is 5.26 Å². The summed E-state index contributed by atoms with van der Waals surface area (Å²) >= 11 is 0. The van der Waals surface area contributed by atoms with E-state index in [0.717, 1.165) is 37.3 Å². The van der Waals surface area contributed by atoms with Crippen molar-refractivity contribution in [2.45, 2.75) is 51.4 Å². The monoisotopic (exact) mass is 431 g/mol. The number of nitrogens with one attached hydrogen (secondary N) is 2. The summed E-state index contributed by atoms with van der Waals surface area (Å²) < 4.78 is 45.5. The quantitative estimate of drug-likeness (QED) is 0.639. The first kappa shape index (κ1) is 21.4. The lowest BCUT2D eigenvalue weighted by atomic mass is 9.75. The van der Waals surface area contributed by atoms with E-state index in [1.807, 2.05) is 6.92 Å². The fraction of sp³-hybridized carbons (Fsp3) is 0.450. The van der Waals surface area contributed by atoms with E-state index in [0.29, 0.717) is 5.82 Å². The van der Waals surface area contributed by atoms with Gasteiger partial charge in [-0.25, -0.2) is 4.98 Å². The van der Waals surface area contributed by atoms with E-state index in [9.17, 15) is 23.5 Å². The van der Waals surface area contributed by atoms with Gasteiger partial charge in [-0.15, -0.1) is 0 Å². The molecule has 0 bridgehead atoms. The average Bonchev–Trinajstić information content (AvgIpc) is 3.10. The Kier molecular flexibility index (Phi) is 5.77. The molecule has 2 heterocycles. The van der Waals surface area contributed by atoms with Gasteiger partial charge < -0.3 is 20.3 Å². The molecule has 0 amide bonds. The van der Waals surface area contributed by atoms with Gasteiger partial charge in [0.1, 0.15) is 5.82 Å². The second-order valence-corrected chi connectivity index (χ2v) is 7.88. The van der Waals surface area contributed by atoms with Crippen LogP contribution >= 0.6 is 0 Å². The number of benzene rings is 1. The van der Waals surface area contributed by atoms with E-state index in [2.05, 4.69) is 26.7 Å². The molecule has 1 aromatic heterocycles. The highest BCUT2D eigenvalue weighted by Gasteiger charge is 2.41. The van der Waals surface area contributed by atoms with Gasteiger partial charge in [0.15, 0.2) is 0 Å². The molecule has 31 heavy (non-hydrogen) atoms. The van der Waals surface area contributed by atoms with E-state index in [1.165, 1.54) is 6.07 Å². The third kappa shape index (κ3) is 4.45. The zero-order valence-electron chi connectivity index (χ0n) is 16.8. The average molecular weight is 431 g/mol. The first-order valence-electron chi connectivity index (χ1n) is 10.1. The Bertz CT molecular complexity index is 1030. The van der Waals surface area contributed by atoms with Crippen molar-refractivity contribution < 1.29 is 22.8 Å². The molecule has 1 aliphatic carbocycles. The van der Waals surface area contributed by atoms with Gasteiger partial charge in [-0.05, 0) is 37.5 Å². The number of aryl methyl sites for hydroxylation is 1. The Morgan fingerprint density at radius 3 is 2.81 bits per heavy atom. The molecule has 2 aromatic rings. The van der Waals surface area contributed by atoms with Crippen molar-refractivity contribution in [2.24, 2.45) is 5.92 Å². The van der Waals surface area contributed by atoms with Gasteiger partial charge >= 0.3 is 13.3 Å². The topological polar surface area (TPSA) is 103 Å². The molecule has 4 rings (SSSR count).